The van der Waals surface area contributed by atoms with Gasteiger partial charge in [0.1, 0.15) is 5.82 Å². The van der Waals surface area contributed by atoms with E-state index in [0.717, 1.165) is 6.42 Å². The third-order valence-corrected chi connectivity index (χ3v) is 1.80. The number of carboxylic acids is 1. The number of anilines is 1. The molecule has 1 aromatic carbocycles. The molecule has 4 heteroatoms. The van der Waals surface area contributed by atoms with Gasteiger partial charge >= 0.3 is 5.97 Å². The van der Waals surface area contributed by atoms with Crippen LogP contribution >= 0.6 is 0 Å². The summed E-state index contributed by atoms with van der Waals surface area (Å²) in [4.78, 5) is 10.7. The molecule has 3 nitrogen and oxygen atoms in total. The van der Waals surface area contributed by atoms with Crippen LogP contribution in [-0.2, 0) is 0 Å². The Balaban J connectivity index is 3.02. The molecular formula is C10H12FNO2. The highest BCUT2D eigenvalue weighted by Crippen LogP contribution is 2.19. The number of carboxylic acid groups (broad SMARTS) is 1. The van der Waals surface area contributed by atoms with Crippen molar-refractivity contribution in [1.29, 1.82) is 0 Å². The van der Waals surface area contributed by atoms with Crippen molar-refractivity contribution < 1.29 is 14.3 Å². The number of benzene rings is 1. The minimum Gasteiger partial charge on any atom is -0.478 e. The van der Waals surface area contributed by atoms with Gasteiger partial charge in [0.05, 0.1) is 11.3 Å². The van der Waals surface area contributed by atoms with Crippen LogP contribution in [0.4, 0.5) is 10.1 Å². The summed E-state index contributed by atoms with van der Waals surface area (Å²) in [6.07, 6.45) is 0.813. The van der Waals surface area contributed by atoms with E-state index < -0.39 is 11.8 Å². The van der Waals surface area contributed by atoms with Crippen molar-refractivity contribution in [3.63, 3.8) is 0 Å². The molecule has 0 fully saturated rings. The van der Waals surface area contributed by atoms with Gasteiger partial charge in [-0.3, -0.25) is 0 Å². The second kappa shape index (κ2) is 4.60. The fourth-order valence-corrected chi connectivity index (χ4v) is 1.13. The average molecular weight is 197 g/mol. The lowest BCUT2D eigenvalue weighted by atomic mass is 10.1. The molecule has 0 saturated carbocycles. The Labute approximate surface area is 81.6 Å². The predicted molar refractivity (Wildman–Crippen MR) is 52.1 cm³/mol. The van der Waals surface area contributed by atoms with Crippen molar-refractivity contribution in [3.8, 4) is 0 Å². The van der Waals surface area contributed by atoms with Gasteiger partial charge in [0.25, 0.3) is 0 Å². The van der Waals surface area contributed by atoms with Crippen molar-refractivity contribution in [3.05, 3.63) is 29.6 Å². The molecule has 14 heavy (non-hydrogen) atoms. The highest BCUT2D eigenvalue weighted by molar-refractivity contribution is 5.94. The van der Waals surface area contributed by atoms with Crippen molar-refractivity contribution in [2.75, 3.05) is 11.9 Å². The lowest BCUT2D eigenvalue weighted by Crippen LogP contribution is -2.08. The van der Waals surface area contributed by atoms with Gasteiger partial charge < -0.3 is 10.4 Å². The molecule has 0 amide bonds. The summed E-state index contributed by atoms with van der Waals surface area (Å²) in [5.74, 6) is -1.65. The summed E-state index contributed by atoms with van der Waals surface area (Å²) < 4.78 is 13.2. The third kappa shape index (κ3) is 2.22. The van der Waals surface area contributed by atoms with Crippen LogP contribution < -0.4 is 5.32 Å². The van der Waals surface area contributed by atoms with E-state index in [-0.39, 0.29) is 11.3 Å². The van der Waals surface area contributed by atoms with Crippen LogP contribution in [-0.4, -0.2) is 17.6 Å². The summed E-state index contributed by atoms with van der Waals surface area (Å²) >= 11 is 0. The highest BCUT2D eigenvalue weighted by Gasteiger charge is 2.12. The standard InChI is InChI=1S/C10H12FNO2/c1-2-6-12-9-7(10(13)14)4-3-5-8(9)11/h3-5,12H,2,6H2,1H3,(H,13,14). The molecule has 0 atom stereocenters. The largest absolute Gasteiger partial charge is 0.478 e. The van der Waals surface area contributed by atoms with E-state index in [4.69, 9.17) is 5.11 Å². The lowest BCUT2D eigenvalue weighted by molar-refractivity contribution is 0.0697. The number of nitrogens with one attached hydrogen (secondary N) is 1. The minimum absolute atomic E-state index is 0.0292. The predicted octanol–water partition coefficient (Wildman–Crippen LogP) is 2.35. The van der Waals surface area contributed by atoms with Gasteiger partial charge in [0.2, 0.25) is 0 Å². The smallest absolute Gasteiger partial charge is 0.337 e. The number of hydrogen-bond donors (Lipinski definition) is 2. The first kappa shape index (κ1) is 10.5. The van der Waals surface area contributed by atoms with E-state index in [1.165, 1.54) is 18.2 Å². The van der Waals surface area contributed by atoms with Crippen LogP contribution in [0.1, 0.15) is 23.7 Å². The molecule has 0 saturated heterocycles. The number of carbonyl (C=O) groups is 1. The van der Waals surface area contributed by atoms with Gasteiger partial charge in [-0.05, 0) is 18.6 Å². The van der Waals surface area contributed by atoms with Crippen LogP contribution in [0.5, 0.6) is 0 Å². The average Bonchev–Trinajstić information content (AvgIpc) is 2.15. The van der Waals surface area contributed by atoms with E-state index in [1.807, 2.05) is 6.92 Å². The van der Waals surface area contributed by atoms with Crippen LogP contribution in [0, 0.1) is 5.82 Å². The fourth-order valence-electron chi connectivity index (χ4n) is 1.13. The number of para-hydroxylation sites is 1. The van der Waals surface area contributed by atoms with Crippen LogP contribution in [0.2, 0.25) is 0 Å². The number of rotatable bonds is 4. The Morgan fingerprint density at radius 3 is 2.86 bits per heavy atom. The molecule has 0 aromatic heterocycles. The molecule has 0 aliphatic rings. The zero-order valence-electron chi connectivity index (χ0n) is 7.88. The van der Waals surface area contributed by atoms with Crippen LogP contribution in [0.25, 0.3) is 0 Å². The molecule has 1 rings (SSSR count). The summed E-state index contributed by atoms with van der Waals surface area (Å²) in [6, 6.07) is 4.00. The Morgan fingerprint density at radius 1 is 1.57 bits per heavy atom. The topological polar surface area (TPSA) is 49.3 Å². The zero-order valence-corrected chi connectivity index (χ0v) is 7.88. The molecular weight excluding hydrogens is 185 g/mol. The van der Waals surface area contributed by atoms with Gasteiger partial charge in [0, 0.05) is 6.54 Å². The summed E-state index contributed by atoms with van der Waals surface area (Å²) in [5, 5.41) is 11.5. The summed E-state index contributed by atoms with van der Waals surface area (Å²) in [7, 11) is 0. The SMILES string of the molecule is CCCNc1c(F)cccc1C(=O)O. The molecule has 2 N–H and O–H groups in total. The minimum atomic E-state index is -1.12. The summed E-state index contributed by atoms with van der Waals surface area (Å²) in [6.45, 7) is 2.48. The lowest BCUT2D eigenvalue weighted by Gasteiger charge is -2.08. The normalized spacial score (nSPS) is 9.86. The Kier molecular flexibility index (Phi) is 3.45. The molecule has 1 aromatic rings. The first-order valence-corrected chi connectivity index (χ1v) is 4.42. The van der Waals surface area contributed by atoms with Crippen molar-refractivity contribution >= 4 is 11.7 Å². The van der Waals surface area contributed by atoms with Gasteiger partial charge in [-0.25, -0.2) is 9.18 Å². The van der Waals surface area contributed by atoms with E-state index in [1.54, 1.807) is 0 Å². The van der Waals surface area contributed by atoms with E-state index in [9.17, 15) is 9.18 Å². The Bertz CT molecular complexity index is 339. The Morgan fingerprint density at radius 2 is 2.29 bits per heavy atom. The number of hydrogen-bond acceptors (Lipinski definition) is 2. The van der Waals surface area contributed by atoms with E-state index >= 15 is 0 Å². The monoisotopic (exact) mass is 197 g/mol. The Hall–Kier alpha value is -1.58. The summed E-state index contributed by atoms with van der Waals surface area (Å²) in [5.41, 5.74) is 0.0419. The maximum atomic E-state index is 13.2. The second-order valence-corrected chi connectivity index (χ2v) is 2.89. The van der Waals surface area contributed by atoms with Crippen LogP contribution in [0.3, 0.4) is 0 Å². The van der Waals surface area contributed by atoms with Gasteiger partial charge in [-0.2, -0.15) is 0 Å². The molecule has 0 unspecified atom stereocenters. The first-order chi connectivity index (χ1) is 6.66. The second-order valence-electron chi connectivity index (χ2n) is 2.89. The molecule has 0 radical (unpaired) electrons. The fraction of sp³-hybridized carbons (Fsp3) is 0.300. The molecule has 0 bridgehead atoms. The molecule has 0 aliphatic carbocycles. The van der Waals surface area contributed by atoms with E-state index in [2.05, 4.69) is 5.32 Å². The quantitative estimate of drug-likeness (QED) is 0.778. The van der Waals surface area contributed by atoms with Gasteiger partial charge in [-0.15, -0.1) is 0 Å². The molecule has 0 aliphatic heterocycles. The van der Waals surface area contributed by atoms with Gasteiger partial charge in [0.15, 0.2) is 0 Å². The van der Waals surface area contributed by atoms with Gasteiger partial charge in [-0.1, -0.05) is 13.0 Å². The highest BCUT2D eigenvalue weighted by atomic mass is 19.1. The van der Waals surface area contributed by atoms with E-state index in [0.29, 0.717) is 6.54 Å². The maximum Gasteiger partial charge on any atom is 0.337 e. The van der Waals surface area contributed by atoms with Crippen LogP contribution in [0.15, 0.2) is 18.2 Å². The number of aromatic carboxylic acids is 1. The van der Waals surface area contributed by atoms with Crippen molar-refractivity contribution in [2.45, 2.75) is 13.3 Å². The molecule has 0 heterocycles. The molecule has 76 valence electrons. The first-order valence-electron chi connectivity index (χ1n) is 4.42. The zero-order chi connectivity index (χ0) is 10.6. The molecule has 0 spiro atoms. The van der Waals surface area contributed by atoms with Crippen molar-refractivity contribution in [1.82, 2.24) is 0 Å². The maximum absolute atomic E-state index is 13.2. The van der Waals surface area contributed by atoms with Crippen molar-refractivity contribution in [2.24, 2.45) is 0 Å². The third-order valence-electron chi connectivity index (χ3n) is 1.80. The number of halogens is 1.